The maximum Gasteiger partial charge on any atom is 0.152 e. The van der Waals surface area contributed by atoms with E-state index in [-0.39, 0.29) is 11.5 Å². The fraction of sp³-hybridized carbons (Fsp3) is 0.583. The van der Waals surface area contributed by atoms with Crippen LogP contribution in [0.15, 0.2) is 18.3 Å². The zero-order valence-electron chi connectivity index (χ0n) is 10.4. The van der Waals surface area contributed by atoms with E-state index < -0.39 is 15.9 Å². The first-order chi connectivity index (χ1) is 8.48. The second-order valence-electron chi connectivity index (χ2n) is 4.62. The molecule has 5 nitrogen and oxygen atoms in total. The number of nitrogens with zero attached hydrogens (tertiary/aromatic N) is 2. The summed E-state index contributed by atoms with van der Waals surface area (Å²) in [6, 6.07) is 3.66. The molecule has 0 aromatic carbocycles. The average molecular weight is 270 g/mol. The van der Waals surface area contributed by atoms with Gasteiger partial charge in [0.05, 0.1) is 17.6 Å². The van der Waals surface area contributed by atoms with Gasteiger partial charge in [0.25, 0.3) is 0 Å². The minimum atomic E-state index is -2.89. The van der Waals surface area contributed by atoms with Crippen LogP contribution >= 0.6 is 0 Å². The molecule has 1 aliphatic heterocycles. The third kappa shape index (κ3) is 3.20. The van der Waals surface area contributed by atoms with E-state index in [0.717, 1.165) is 11.4 Å². The lowest BCUT2D eigenvalue weighted by molar-refractivity contribution is 0.199. The topological polar surface area (TPSA) is 70.5 Å². The largest absolute Gasteiger partial charge is 0.389 e. The molecule has 1 N–H and O–H groups in total. The van der Waals surface area contributed by atoms with Crippen LogP contribution in [0.3, 0.4) is 0 Å². The molecule has 0 bridgehead atoms. The van der Waals surface area contributed by atoms with Crippen molar-refractivity contribution in [3.8, 4) is 0 Å². The van der Waals surface area contributed by atoms with Crippen LogP contribution in [0.5, 0.6) is 0 Å². The Bertz CT molecular complexity index is 497. The fourth-order valence-electron chi connectivity index (χ4n) is 2.00. The summed E-state index contributed by atoms with van der Waals surface area (Å²) in [6.07, 6.45) is 1.75. The van der Waals surface area contributed by atoms with Gasteiger partial charge in [-0.3, -0.25) is 0 Å². The lowest BCUT2D eigenvalue weighted by atomic mass is 10.2. The Morgan fingerprint density at radius 3 is 2.72 bits per heavy atom. The molecule has 0 unspecified atom stereocenters. The molecule has 1 atom stereocenters. The van der Waals surface area contributed by atoms with Gasteiger partial charge >= 0.3 is 0 Å². The molecule has 6 heteroatoms. The molecule has 2 rings (SSSR count). The molecule has 1 fully saturated rings. The predicted molar refractivity (Wildman–Crippen MR) is 70.4 cm³/mol. The van der Waals surface area contributed by atoms with Gasteiger partial charge in [-0.2, -0.15) is 0 Å². The average Bonchev–Trinajstić information content (AvgIpc) is 2.50. The number of aliphatic hydroxyl groups is 1. The monoisotopic (exact) mass is 270 g/mol. The summed E-state index contributed by atoms with van der Waals surface area (Å²) in [5, 5.41) is 9.41. The smallest absolute Gasteiger partial charge is 0.152 e. The first-order valence-electron chi connectivity index (χ1n) is 6.07. The molecule has 0 radical (unpaired) electrons. The Balaban J connectivity index is 2.12. The van der Waals surface area contributed by atoms with Crippen molar-refractivity contribution >= 4 is 15.7 Å². The number of anilines is 1. The second kappa shape index (κ2) is 5.24. The number of aliphatic hydroxyl groups excluding tert-OH is 1. The summed E-state index contributed by atoms with van der Waals surface area (Å²) in [5.41, 5.74) is 0.765. The van der Waals surface area contributed by atoms with Gasteiger partial charge in [-0.25, -0.2) is 13.4 Å². The highest BCUT2D eigenvalue weighted by Crippen LogP contribution is 2.17. The number of hydrogen-bond acceptors (Lipinski definition) is 5. The molecule has 0 saturated carbocycles. The van der Waals surface area contributed by atoms with E-state index in [1.807, 2.05) is 17.0 Å². The Kier molecular flexibility index (Phi) is 3.87. The molecular formula is C12H18N2O3S. The molecule has 100 valence electrons. The van der Waals surface area contributed by atoms with Gasteiger partial charge in [-0.15, -0.1) is 0 Å². The third-order valence-electron chi connectivity index (χ3n) is 3.13. The summed E-state index contributed by atoms with van der Waals surface area (Å²) in [4.78, 5) is 6.27. The molecule has 0 amide bonds. The summed E-state index contributed by atoms with van der Waals surface area (Å²) < 4.78 is 23.0. The molecule has 2 heterocycles. The van der Waals surface area contributed by atoms with Gasteiger partial charge in [0.15, 0.2) is 9.84 Å². The molecule has 1 aromatic heterocycles. The van der Waals surface area contributed by atoms with Crippen molar-refractivity contribution in [2.45, 2.75) is 19.4 Å². The highest BCUT2D eigenvalue weighted by atomic mass is 32.2. The maximum absolute atomic E-state index is 11.5. The van der Waals surface area contributed by atoms with Crippen LogP contribution in [0.25, 0.3) is 0 Å². The lowest BCUT2D eigenvalue weighted by Crippen LogP contribution is -2.27. The van der Waals surface area contributed by atoms with Crippen molar-refractivity contribution < 1.29 is 13.5 Å². The molecule has 1 aliphatic rings. The van der Waals surface area contributed by atoms with Gasteiger partial charge in [0.2, 0.25) is 0 Å². The molecule has 0 spiro atoms. The molecule has 0 aliphatic carbocycles. The van der Waals surface area contributed by atoms with Crippen molar-refractivity contribution in [1.29, 1.82) is 0 Å². The lowest BCUT2D eigenvalue weighted by Gasteiger charge is -2.21. The van der Waals surface area contributed by atoms with Crippen molar-refractivity contribution in [2.24, 2.45) is 0 Å². The van der Waals surface area contributed by atoms with Crippen molar-refractivity contribution in [3.63, 3.8) is 0 Å². The van der Waals surface area contributed by atoms with Crippen molar-refractivity contribution in [3.05, 3.63) is 23.9 Å². The summed E-state index contributed by atoms with van der Waals surface area (Å²) in [5.74, 6) is 1.22. The van der Waals surface area contributed by atoms with Gasteiger partial charge in [0, 0.05) is 19.3 Å². The van der Waals surface area contributed by atoms with E-state index in [2.05, 4.69) is 4.98 Å². The summed E-state index contributed by atoms with van der Waals surface area (Å²) in [7, 11) is -2.89. The van der Waals surface area contributed by atoms with Crippen LogP contribution < -0.4 is 4.90 Å². The maximum atomic E-state index is 11.5. The normalized spacial score (nSPS) is 21.3. The molecule has 18 heavy (non-hydrogen) atoms. The highest BCUT2D eigenvalue weighted by molar-refractivity contribution is 7.91. The number of hydrogen-bond donors (Lipinski definition) is 1. The number of sulfone groups is 1. The Morgan fingerprint density at radius 1 is 1.33 bits per heavy atom. The second-order valence-corrected chi connectivity index (χ2v) is 6.92. The van der Waals surface area contributed by atoms with Crippen LogP contribution in [0, 0.1) is 0 Å². The highest BCUT2D eigenvalue weighted by Gasteiger charge is 2.19. The third-order valence-corrected chi connectivity index (χ3v) is 4.85. The fourth-order valence-corrected chi connectivity index (χ4v) is 3.27. The van der Waals surface area contributed by atoms with Crippen LogP contribution in [-0.2, 0) is 9.84 Å². The van der Waals surface area contributed by atoms with E-state index in [0.29, 0.717) is 19.5 Å². The first kappa shape index (κ1) is 13.3. The van der Waals surface area contributed by atoms with Gasteiger partial charge in [0.1, 0.15) is 5.82 Å². The quantitative estimate of drug-likeness (QED) is 0.859. The van der Waals surface area contributed by atoms with Crippen LogP contribution in [0.4, 0.5) is 5.82 Å². The summed E-state index contributed by atoms with van der Waals surface area (Å²) in [6.45, 7) is 2.89. The zero-order chi connectivity index (χ0) is 13.2. The predicted octanol–water partition coefficient (Wildman–Crippen LogP) is 0.760. The van der Waals surface area contributed by atoms with Crippen LogP contribution in [0.2, 0.25) is 0 Å². The van der Waals surface area contributed by atoms with Gasteiger partial charge in [-0.1, -0.05) is 6.07 Å². The van der Waals surface area contributed by atoms with E-state index in [9.17, 15) is 13.5 Å². The number of pyridine rings is 1. The van der Waals surface area contributed by atoms with E-state index in [1.54, 1.807) is 13.1 Å². The first-order valence-corrected chi connectivity index (χ1v) is 7.89. The number of aromatic nitrogens is 1. The Morgan fingerprint density at radius 2 is 2.11 bits per heavy atom. The minimum Gasteiger partial charge on any atom is -0.389 e. The summed E-state index contributed by atoms with van der Waals surface area (Å²) >= 11 is 0. The van der Waals surface area contributed by atoms with E-state index in [1.165, 1.54) is 0 Å². The zero-order valence-corrected chi connectivity index (χ0v) is 11.2. The molecular weight excluding hydrogens is 252 g/mol. The van der Waals surface area contributed by atoms with Crippen molar-refractivity contribution in [1.82, 2.24) is 4.98 Å². The van der Waals surface area contributed by atoms with E-state index in [4.69, 9.17) is 0 Å². The van der Waals surface area contributed by atoms with Crippen LogP contribution in [-0.4, -0.2) is 43.1 Å². The van der Waals surface area contributed by atoms with Crippen LogP contribution in [0.1, 0.15) is 25.0 Å². The van der Waals surface area contributed by atoms with E-state index >= 15 is 0 Å². The minimum absolute atomic E-state index is 0.187. The standard InChI is InChI=1S/C12H18N2O3S/c1-10(15)11-3-4-12(13-9-11)14-5-2-7-18(16,17)8-6-14/h3-4,9-10,15H,2,5-8H2,1H3/t10-/m0/s1. The van der Waals surface area contributed by atoms with Crippen molar-refractivity contribution in [2.75, 3.05) is 29.5 Å². The molecule has 1 saturated heterocycles. The Labute approximate surface area is 107 Å². The number of rotatable bonds is 2. The van der Waals surface area contributed by atoms with Gasteiger partial charge in [-0.05, 0) is 25.0 Å². The Hall–Kier alpha value is -1.14. The molecule has 1 aromatic rings. The SMILES string of the molecule is C[C@H](O)c1ccc(N2CCCS(=O)(=O)CC2)nc1. The van der Waals surface area contributed by atoms with Gasteiger partial charge < -0.3 is 10.0 Å².